The standard InChI is InChI=1S/C19H24N2O/c1-14-4-7-16(8-5-14)17-11-20-12-19(17,3)13-22-18-9-6-15(2)10-21-18/h4-10,17,20H,11-13H2,1-3H3/t17-,19-/m1/s1. The smallest absolute Gasteiger partial charge is 0.213 e. The van der Waals surface area contributed by atoms with Crippen LogP contribution in [0, 0.1) is 19.3 Å². The summed E-state index contributed by atoms with van der Waals surface area (Å²) < 4.78 is 5.97. The molecule has 0 saturated carbocycles. The van der Waals surface area contributed by atoms with Crippen LogP contribution in [0.25, 0.3) is 0 Å². The molecule has 3 rings (SSSR count). The number of ether oxygens (including phenoxy) is 1. The summed E-state index contributed by atoms with van der Waals surface area (Å²) in [5.41, 5.74) is 3.93. The Morgan fingerprint density at radius 2 is 1.86 bits per heavy atom. The number of hydrogen-bond donors (Lipinski definition) is 1. The van der Waals surface area contributed by atoms with Crippen molar-refractivity contribution in [2.75, 3.05) is 19.7 Å². The molecule has 116 valence electrons. The van der Waals surface area contributed by atoms with E-state index in [-0.39, 0.29) is 5.41 Å². The summed E-state index contributed by atoms with van der Waals surface area (Å²) in [5.74, 6) is 1.18. The zero-order chi connectivity index (χ0) is 15.6. The van der Waals surface area contributed by atoms with E-state index < -0.39 is 0 Å². The monoisotopic (exact) mass is 296 g/mol. The quantitative estimate of drug-likeness (QED) is 0.938. The molecule has 2 atom stereocenters. The molecule has 0 spiro atoms. The largest absolute Gasteiger partial charge is 0.477 e. The van der Waals surface area contributed by atoms with Crippen LogP contribution in [0.15, 0.2) is 42.6 Å². The predicted octanol–water partition coefficient (Wildman–Crippen LogP) is 3.47. The molecule has 0 unspecified atom stereocenters. The van der Waals surface area contributed by atoms with Gasteiger partial charge in [0.2, 0.25) is 5.88 Å². The number of hydrogen-bond acceptors (Lipinski definition) is 3. The Bertz CT molecular complexity index is 621. The molecule has 2 heterocycles. The Kier molecular flexibility index (Phi) is 4.16. The molecule has 3 nitrogen and oxygen atoms in total. The zero-order valence-electron chi connectivity index (χ0n) is 13.6. The second-order valence-electron chi connectivity index (χ2n) is 6.71. The highest BCUT2D eigenvalue weighted by atomic mass is 16.5. The first-order valence-corrected chi connectivity index (χ1v) is 7.90. The average Bonchev–Trinajstić information content (AvgIpc) is 2.90. The lowest BCUT2D eigenvalue weighted by Crippen LogP contribution is -2.32. The van der Waals surface area contributed by atoms with E-state index in [4.69, 9.17) is 4.74 Å². The minimum atomic E-state index is 0.0851. The van der Waals surface area contributed by atoms with Crippen molar-refractivity contribution in [3.8, 4) is 5.88 Å². The molecule has 1 N–H and O–H groups in total. The summed E-state index contributed by atoms with van der Waals surface area (Å²) in [4.78, 5) is 4.34. The van der Waals surface area contributed by atoms with Crippen LogP contribution in [0.3, 0.4) is 0 Å². The van der Waals surface area contributed by atoms with Crippen molar-refractivity contribution in [2.24, 2.45) is 5.41 Å². The van der Waals surface area contributed by atoms with Gasteiger partial charge in [0.15, 0.2) is 0 Å². The molecular formula is C19H24N2O. The molecular weight excluding hydrogens is 272 g/mol. The Morgan fingerprint density at radius 1 is 1.14 bits per heavy atom. The first-order chi connectivity index (χ1) is 10.6. The Labute approximate surface area is 132 Å². The molecule has 22 heavy (non-hydrogen) atoms. The van der Waals surface area contributed by atoms with E-state index in [1.54, 1.807) is 0 Å². The third-order valence-electron chi connectivity index (χ3n) is 4.63. The van der Waals surface area contributed by atoms with Crippen LogP contribution in [0.1, 0.15) is 29.5 Å². The molecule has 1 fully saturated rings. The Hall–Kier alpha value is -1.87. The van der Waals surface area contributed by atoms with Gasteiger partial charge < -0.3 is 10.1 Å². The van der Waals surface area contributed by atoms with Gasteiger partial charge in [-0.3, -0.25) is 0 Å². The average molecular weight is 296 g/mol. The van der Waals surface area contributed by atoms with Crippen LogP contribution in [-0.4, -0.2) is 24.7 Å². The number of benzene rings is 1. The molecule has 0 bridgehead atoms. The first-order valence-electron chi connectivity index (χ1n) is 7.90. The lowest BCUT2D eigenvalue weighted by Gasteiger charge is -2.30. The molecule has 2 aromatic rings. The maximum Gasteiger partial charge on any atom is 0.213 e. The third-order valence-corrected chi connectivity index (χ3v) is 4.63. The molecule has 1 aliphatic rings. The van der Waals surface area contributed by atoms with Gasteiger partial charge in [0.05, 0.1) is 6.61 Å². The van der Waals surface area contributed by atoms with Crippen molar-refractivity contribution in [2.45, 2.75) is 26.7 Å². The van der Waals surface area contributed by atoms with Gasteiger partial charge in [-0.15, -0.1) is 0 Å². The molecule has 1 saturated heterocycles. The minimum absolute atomic E-state index is 0.0851. The van der Waals surface area contributed by atoms with Gasteiger partial charge in [-0.05, 0) is 25.0 Å². The third kappa shape index (κ3) is 3.14. The number of aryl methyl sites for hydroxylation is 2. The highest BCUT2D eigenvalue weighted by molar-refractivity contribution is 5.28. The fourth-order valence-corrected chi connectivity index (χ4v) is 3.12. The molecule has 0 amide bonds. The van der Waals surface area contributed by atoms with E-state index in [0.717, 1.165) is 18.7 Å². The highest BCUT2D eigenvalue weighted by Crippen LogP contribution is 2.39. The topological polar surface area (TPSA) is 34.1 Å². The normalized spacial score (nSPS) is 24.4. The van der Waals surface area contributed by atoms with Crippen LogP contribution < -0.4 is 10.1 Å². The summed E-state index contributed by atoms with van der Waals surface area (Å²) in [6, 6.07) is 12.9. The molecule has 0 radical (unpaired) electrons. The fourth-order valence-electron chi connectivity index (χ4n) is 3.12. The molecule has 0 aliphatic carbocycles. The van der Waals surface area contributed by atoms with E-state index >= 15 is 0 Å². The maximum atomic E-state index is 5.97. The summed E-state index contributed by atoms with van der Waals surface area (Å²) in [6.45, 7) is 9.11. The Morgan fingerprint density at radius 3 is 2.55 bits per heavy atom. The van der Waals surface area contributed by atoms with E-state index in [1.165, 1.54) is 11.1 Å². The van der Waals surface area contributed by atoms with Gasteiger partial charge in [-0.25, -0.2) is 4.98 Å². The van der Waals surface area contributed by atoms with Crippen LogP contribution >= 0.6 is 0 Å². The van der Waals surface area contributed by atoms with Crippen molar-refractivity contribution in [1.82, 2.24) is 10.3 Å². The van der Waals surface area contributed by atoms with Crippen LogP contribution in [0.4, 0.5) is 0 Å². The van der Waals surface area contributed by atoms with E-state index in [1.807, 2.05) is 25.3 Å². The number of nitrogens with zero attached hydrogens (tertiary/aromatic N) is 1. The predicted molar refractivity (Wildman–Crippen MR) is 89.4 cm³/mol. The van der Waals surface area contributed by atoms with Crippen molar-refractivity contribution in [1.29, 1.82) is 0 Å². The molecule has 1 aromatic heterocycles. The molecule has 1 aliphatic heterocycles. The van der Waals surface area contributed by atoms with Crippen molar-refractivity contribution in [3.05, 3.63) is 59.3 Å². The fraction of sp³-hybridized carbons (Fsp3) is 0.421. The van der Waals surface area contributed by atoms with Crippen LogP contribution in [0.2, 0.25) is 0 Å². The van der Waals surface area contributed by atoms with E-state index in [0.29, 0.717) is 18.4 Å². The second-order valence-corrected chi connectivity index (χ2v) is 6.71. The Balaban J connectivity index is 1.72. The van der Waals surface area contributed by atoms with Gasteiger partial charge in [0.1, 0.15) is 0 Å². The summed E-state index contributed by atoms with van der Waals surface area (Å²) in [5, 5.41) is 3.52. The van der Waals surface area contributed by atoms with Crippen molar-refractivity contribution < 1.29 is 4.74 Å². The van der Waals surface area contributed by atoms with Gasteiger partial charge in [-0.2, -0.15) is 0 Å². The van der Waals surface area contributed by atoms with Gasteiger partial charge >= 0.3 is 0 Å². The van der Waals surface area contributed by atoms with Crippen LogP contribution in [0.5, 0.6) is 5.88 Å². The van der Waals surface area contributed by atoms with Gasteiger partial charge in [0.25, 0.3) is 0 Å². The molecule has 1 aromatic carbocycles. The van der Waals surface area contributed by atoms with Gasteiger partial charge in [-0.1, -0.05) is 42.8 Å². The van der Waals surface area contributed by atoms with Gasteiger partial charge in [0, 0.05) is 36.7 Å². The lowest BCUT2D eigenvalue weighted by molar-refractivity contribution is 0.158. The summed E-state index contributed by atoms with van der Waals surface area (Å²) >= 11 is 0. The number of aromatic nitrogens is 1. The van der Waals surface area contributed by atoms with E-state index in [9.17, 15) is 0 Å². The van der Waals surface area contributed by atoms with Crippen molar-refractivity contribution >= 4 is 0 Å². The maximum absolute atomic E-state index is 5.97. The zero-order valence-corrected chi connectivity index (χ0v) is 13.6. The number of pyridine rings is 1. The number of rotatable bonds is 4. The number of nitrogens with one attached hydrogen (secondary N) is 1. The summed E-state index contributed by atoms with van der Waals surface area (Å²) in [6.07, 6.45) is 1.85. The SMILES string of the molecule is Cc1ccc([C@H]2CNC[C@]2(C)COc2ccc(C)cn2)cc1. The van der Waals surface area contributed by atoms with Crippen LogP contribution in [-0.2, 0) is 0 Å². The minimum Gasteiger partial charge on any atom is -0.477 e. The molecule has 3 heteroatoms. The highest BCUT2D eigenvalue weighted by Gasteiger charge is 2.40. The summed E-state index contributed by atoms with van der Waals surface area (Å²) in [7, 11) is 0. The second kappa shape index (κ2) is 6.09. The first kappa shape index (κ1) is 15.0. The lowest BCUT2D eigenvalue weighted by atomic mass is 9.76. The van der Waals surface area contributed by atoms with Crippen molar-refractivity contribution in [3.63, 3.8) is 0 Å². The van der Waals surface area contributed by atoms with E-state index in [2.05, 4.69) is 48.4 Å².